The lowest BCUT2D eigenvalue weighted by Gasteiger charge is -2.26. The number of hydrogen-bond acceptors (Lipinski definition) is 3. The average Bonchev–Trinajstić information content (AvgIpc) is 2.48. The first-order valence-corrected chi connectivity index (χ1v) is 7.92. The van der Waals surface area contributed by atoms with Crippen LogP contribution in [0.4, 0.5) is 0 Å². The Hall–Kier alpha value is -1.72. The van der Waals surface area contributed by atoms with E-state index >= 15 is 0 Å². The van der Waals surface area contributed by atoms with Gasteiger partial charge in [0.15, 0.2) is 5.43 Å². The molecule has 2 N–H and O–H groups in total. The number of thioether (sulfide) groups is 1. The standard InChI is InChI=1S/C15H13ClN2O2S/c16-9-1-2-14-10(7-9)12(4-6-21-14)18-15(20)11-8-17-5-3-13(11)19/h1-3,5,7-8,12H,4,6H2,(H,17,19)(H,18,20). The number of nitrogens with one attached hydrogen (secondary N) is 2. The first kappa shape index (κ1) is 14.2. The molecule has 2 heterocycles. The number of fused-ring (bicyclic) bond motifs is 1. The summed E-state index contributed by atoms with van der Waals surface area (Å²) in [5.74, 6) is 0.560. The van der Waals surface area contributed by atoms with Crippen LogP contribution in [-0.4, -0.2) is 16.6 Å². The maximum atomic E-state index is 12.3. The molecule has 0 aliphatic carbocycles. The van der Waals surface area contributed by atoms with Crippen LogP contribution in [0, 0.1) is 0 Å². The van der Waals surface area contributed by atoms with Gasteiger partial charge in [-0.25, -0.2) is 0 Å². The zero-order chi connectivity index (χ0) is 14.8. The fourth-order valence-electron chi connectivity index (χ4n) is 2.34. The first-order valence-electron chi connectivity index (χ1n) is 6.55. The Morgan fingerprint density at radius 2 is 2.24 bits per heavy atom. The maximum Gasteiger partial charge on any atom is 0.257 e. The molecular weight excluding hydrogens is 308 g/mol. The number of rotatable bonds is 2. The van der Waals surface area contributed by atoms with Gasteiger partial charge in [-0.15, -0.1) is 11.8 Å². The highest BCUT2D eigenvalue weighted by atomic mass is 35.5. The van der Waals surface area contributed by atoms with E-state index in [1.165, 1.54) is 18.5 Å². The van der Waals surface area contributed by atoms with Crippen LogP contribution in [-0.2, 0) is 0 Å². The van der Waals surface area contributed by atoms with Gasteiger partial charge >= 0.3 is 0 Å². The molecule has 21 heavy (non-hydrogen) atoms. The van der Waals surface area contributed by atoms with Crippen molar-refractivity contribution < 1.29 is 4.79 Å². The van der Waals surface area contributed by atoms with Crippen LogP contribution in [0.1, 0.15) is 28.4 Å². The molecule has 6 heteroatoms. The molecule has 108 valence electrons. The summed E-state index contributed by atoms with van der Waals surface area (Å²) in [5, 5.41) is 3.57. The van der Waals surface area contributed by atoms with Gasteiger partial charge in [0, 0.05) is 34.1 Å². The number of aromatic nitrogens is 1. The monoisotopic (exact) mass is 320 g/mol. The van der Waals surface area contributed by atoms with Gasteiger partial charge in [0.05, 0.1) is 6.04 Å². The smallest absolute Gasteiger partial charge is 0.257 e. The second kappa shape index (κ2) is 5.95. The molecule has 1 amide bonds. The summed E-state index contributed by atoms with van der Waals surface area (Å²) in [6, 6.07) is 6.92. The average molecular weight is 321 g/mol. The molecule has 0 spiro atoms. The predicted molar refractivity (Wildman–Crippen MR) is 84.1 cm³/mol. The SMILES string of the molecule is O=C(NC1CCSc2ccc(Cl)cc21)c1c[nH]ccc1=O. The van der Waals surface area contributed by atoms with Gasteiger partial charge in [0.2, 0.25) is 0 Å². The lowest BCUT2D eigenvalue weighted by molar-refractivity contribution is 0.0933. The minimum atomic E-state index is -0.361. The van der Waals surface area contributed by atoms with Gasteiger partial charge in [-0.05, 0) is 30.2 Å². The summed E-state index contributed by atoms with van der Waals surface area (Å²) in [4.78, 5) is 27.8. The van der Waals surface area contributed by atoms with Gasteiger partial charge in [0.25, 0.3) is 5.91 Å². The molecule has 0 bridgehead atoms. The predicted octanol–water partition coefficient (Wildman–Crippen LogP) is 3.00. The van der Waals surface area contributed by atoms with Gasteiger partial charge < -0.3 is 10.3 Å². The molecule has 1 aliphatic rings. The molecule has 2 aromatic rings. The van der Waals surface area contributed by atoms with Gasteiger partial charge in [-0.3, -0.25) is 9.59 Å². The van der Waals surface area contributed by atoms with Crippen LogP contribution in [0.3, 0.4) is 0 Å². The van der Waals surface area contributed by atoms with E-state index in [0.717, 1.165) is 22.6 Å². The van der Waals surface area contributed by atoms with E-state index in [4.69, 9.17) is 11.6 Å². The van der Waals surface area contributed by atoms with Crippen molar-refractivity contribution in [2.45, 2.75) is 17.4 Å². The Morgan fingerprint density at radius 3 is 3.05 bits per heavy atom. The summed E-state index contributed by atoms with van der Waals surface area (Å²) < 4.78 is 0. The van der Waals surface area contributed by atoms with E-state index in [2.05, 4.69) is 10.3 Å². The first-order chi connectivity index (χ1) is 10.1. The molecule has 0 saturated heterocycles. The summed E-state index contributed by atoms with van der Waals surface area (Å²) in [5.41, 5.74) is 0.849. The highest BCUT2D eigenvalue weighted by molar-refractivity contribution is 7.99. The number of carbonyl (C=O) groups is 1. The Kier molecular flexibility index (Phi) is 4.03. The number of carbonyl (C=O) groups excluding carboxylic acids is 1. The van der Waals surface area contributed by atoms with Crippen molar-refractivity contribution in [2.75, 3.05) is 5.75 Å². The minimum Gasteiger partial charge on any atom is -0.367 e. The van der Waals surface area contributed by atoms with Crippen LogP contribution in [0.15, 0.2) is 46.3 Å². The molecule has 1 aromatic heterocycles. The molecule has 4 nitrogen and oxygen atoms in total. The normalized spacial score (nSPS) is 17.1. The summed E-state index contributed by atoms with van der Waals surface area (Å²) in [6.45, 7) is 0. The Bertz CT molecular complexity index is 744. The number of hydrogen-bond donors (Lipinski definition) is 2. The van der Waals surface area contributed by atoms with Gasteiger partial charge in [-0.1, -0.05) is 11.6 Å². The number of aromatic amines is 1. The number of H-pyrrole nitrogens is 1. The summed E-state index contributed by atoms with van der Waals surface area (Å²) in [6.07, 6.45) is 3.74. The van der Waals surface area contributed by atoms with Crippen LogP contribution >= 0.6 is 23.4 Å². The Labute approximate surface area is 130 Å². The minimum absolute atomic E-state index is 0.118. The van der Waals surface area contributed by atoms with E-state index in [1.54, 1.807) is 11.8 Å². The maximum absolute atomic E-state index is 12.3. The van der Waals surface area contributed by atoms with Crippen molar-refractivity contribution >= 4 is 29.3 Å². The zero-order valence-corrected chi connectivity index (χ0v) is 12.6. The topological polar surface area (TPSA) is 62.0 Å². The molecule has 0 saturated carbocycles. The van der Waals surface area contributed by atoms with Crippen LogP contribution in [0.5, 0.6) is 0 Å². The lowest BCUT2D eigenvalue weighted by Crippen LogP contribution is -2.33. The van der Waals surface area contributed by atoms with E-state index in [0.29, 0.717) is 5.02 Å². The van der Waals surface area contributed by atoms with E-state index in [-0.39, 0.29) is 22.9 Å². The van der Waals surface area contributed by atoms with Crippen LogP contribution in [0.2, 0.25) is 5.02 Å². The number of amides is 1. The molecule has 1 aromatic carbocycles. The molecule has 0 radical (unpaired) electrons. The quantitative estimate of drug-likeness (QED) is 0.894. The van der Waals surface area contributed by atoms with Gasteiger partial charge in [0.1, 0.15) is 5.56 Å². The summed E-state index contributed by atoms with van der Waals surface area (Å²) >= 11 is 7.79. The zero-order valence-electron chi connectivity index (χ0n) is 11.1. The highest BCUT2D eigenvalue weighted by Gasteiger charge is 2.23. The molecule has 0 fully saturated rings. The molecule has 1 unspecified atom stereocenters. The van der Waals surface area contributed by atoms with Crippen molar-refractivity contribution in [3.63, 3.8) is 0 Å². The molecular formula is C15H13ClN2O2S. The van der Waals surface area contributed by atoms with Crippen molar-refractivity contribution in [1.82, 2.24) is 10.3 Å². The molecule has 3 rings (SSSR count). The largest absolute Gasteiger partial charge is 0.367 e. The highest BCUT2D eigenvalue weighted by Crippen LogP contribution is 2.37. The molecule has 1 atom stereocenters. The van der Waals surface area contributed by atoms with Crippen molar-refractivity contribution in [3.05, 3.63) is 63.0 Å². The fourth-order valence-corrected chi connectivity index (χ4v) is 3.63. The third-order valence-electron chi connectivity index (χ3n) is 3.39. The second-order valence-electron chi connectivity index (χ2n) is 4.77. The molecule has 1 aliphatic heterocycles. The Morgan fingerprint density at radius 1 is 1.38 bits per heavy atom. The van der Waals surface area contributed by atoms with E-state index < -0.39 is 0 Å². The third-order valence-corrected chi connectivity index (χ3v) is 4.74. The van der Waals surface area contributed by atoms with Crippen molar-refractivity contribution in [1.29, 1.82) is 0 Å². The van der Waals surface area contributed by atoms with E-state index in [1.807, 2.05) is 18.2 Å². The summed E-state index contributed by atoms with van der Waals surface area (Å²) in [7, 11) is 0. The second-order valence-corrected chi connectivity index (χ2v) is 6.34. The number of pyridine rings is 1. The number of benzene rings is 1. The van der Waals surface area contributed by atoms with Crippen LogP contribution in [0.25, 0.3) is 0 Å². The Balaban J connectivity index is 1.87. The van der Waals surface area contributed by atoms with E-state index in [9.17, 15) is 9.59 Å². The van der Waals surface area contributed by atoms with Crippen molar-refractivity contribution in [3.8, 4) is 0 Å². The fraction of sp³-hybridized carbons (Fsp3) is 0.200. The number of halogens is 1. The third kappa shape index (κ3) is 2.99. The van der Waals surface area contributed by atoms with Gasteiger partial charge in [-0.2, -0.15) is 0 Å². The lowest BCUT2D eigenvalue weighted by atomic mass is 10.0. The van der Waals surface area contributed by atoms with Crippen molar-refractivity contribution in [2.24, 2.45) is 0 Å². The van der Waals surface area contributed by atoms with Crippen LogP contribution < -0.4 is 10.7 Å².